The van der Waals surface area contributed by atoms with Crippen molar-refractivity contribution >= 4 is 23.2 Å². The van der Waals surface area contributed by atoms with E-state index in [1.807, 2.05) is 37.3 Å². The molecule has 1 saturated carbocycles. The molecule has 3 rings (SSSR count). The Labute approximate surface area is 154 Å². The number of rotatable bonds is 5. The topological polar surface area (TPSA) is 84.2 Å². The molecule has 1 aliphatic carbocycles. The van der Waals surface area contributed by atoms with Crippen molar-refractivity contribution in [1.29, 1.82) is 0 Å². The van der Waals surface area contributed by atoms with E-state index in [-0.39, 0.29) is 17.7 Å². The van der Waals surface area contributed by atoms with Gasteiger partial charge in [0.15, 0.2) is 0 Å². The van der Waals surface area contributed by atoms with Gasteiger partial charge in [0, 0.05) is 18.0 Å². The van der Waals surface area contributed by atoms with Crippen molar-refractivity contribution in [3.05, 3.63) is 59.2 Å². The molecule has 0 spiro atoms. The van der Waals surface area contributed by atoms with Gasteiger partial charge in [0.2, 0.25) is 5.91 Å². The van der Waals surface area contributed by atoms with E-state index in [1.165, 1.54) is 0 Å². The largest absolute Gasteiger partial charge is 0.326 e. The van der Waals surface area contributed by atoms with Gasteiger partial charge < -0.3 is 16.4 Å². The van der Waals surface area contributed by atoms with Gasteiger partial charge in [-0.3, -0.25) is 9.59 Å². The van der Waals surface area contributed by atoms with Crippen LogP contribution in [0.3, 0.4) is 0 Å². The molecule has 136 valence electrons. The summed E-state index contributed by atoms with van der Waals surface area (Å²) in [7, 11) is 0. The molecule has 2 amide bonds. The number of benzene rings is 2. The molecule has 26 heavy (non-hydrogen) atoms. The van der Waals surface area contributed by atoms with Gasteiger partial charge in [-0.05, 0) is 55.2 Å². The Hall–Kier alpha value is -2.66. The van der Waals surface area contributed by atoms with Crippen LogP contribution >= 0.6 is 0 Å². The molecule has 0 bridgehead atoms. The van der Waals surface area contributed by atoms with E-state index in [1.54, 1.807) is 12.1 Å². The Balaban J connectivity index is 1.76. The summed E-state index contributed by atoms with van der Waals surface area (Å²) in [6, 6.07) is 12.8. The van der Waals surface area contributed by atoms with E-state index in [4.69, 9.17) is 5.73 Å². The van der Waals surface area contributed by atoms with Gasteiger partial charge in [0.25, 0.3) is 5.91 Å². The van der Waals surface area contributed by atoms with Crippen LogP contribution < -0.4 is 16.4 Å². The van der Waals surface area contributed by atoms with Gasteiger partial charge in [0.05, 0.1) is 11.4 Å². The van der Waals surface area contributed by atoms with Crippen LogP contribution in [0.15, 0.2) is 42.5 Å². The number of hydrogen-bond acceptors (Lipinski definition) is 3. The third kappa shape index (κ3) is 4.29. The number of carbonyl (C=O) groups excluding carboxylic acids is 2. The lowest BCUT2D eigenvalue weighted by atomic mass is 10.1. The van der Waals surface area contributed by atoms with Gasteiger partial charge in [-0.2, -0.15) is 0 Å². The Morgan fingerprint density at radius 2 is 1.69 bits per heavy atom. The molecule has 0 saturated heterocycles. The van der Waals surface area contributed by atoms with Crippen LogP contribution in [0.5, 0.6) is 0 Å². The van der Waals surface area contributed by atoms with Crippen molar-refractivity contribution in [2.24, 2.45) is 11.7 Å². The maximum absolute atomic E-state index is 12.6. The van der Waals surface area contributed by atoms with Gasteiger partial charge in [-0.1, -0.05) is 31.0 Å². The standard InChI is InChI=1S/C21H25N3O2/c1-14-6-11-18(23-20(25)16-4-2-3-5-16)19(12-14)24-21(26)17-9-7-15(13-22)8-10-17/h6-12,16H,2-5,13,22H2,1H3,(H,23,25)(H,24,26). The molecular weight excluding hydrogens is 326 g/mol. The van der Waals surface area contributed by atoms with Crippen molar-refractivity contribution in [2.75, 3.05) is 10.6 Å². The lowest BCUT2D eigenvalue weighted by molar-refractivity contribution is -0.119. The number of hydrogen-bond donors (Lipinski definition) is 3. The molecule has 4 N–H and O–H groups in total. The van der Waals surface area contributed by atoms with Crippen LogP contribution in [0.1, 0.15) is 47.2 Å². The fourth-order valence-electron chi connectivity index (χ4n) is 3.28. The number of aryl methyl sites for hydroxylation is 1. The molecule has 0 heterocycles. The number of carbonyl (C=O) groups is 2. The summed E-state index contributed by atoms with van der Waals surface area (Å²) in [5, 5.41) is 5.90. The number of anilines is 2. The second-order valence-corrected chi connectivity index (χ2v) is 6.87. The minimum atomic E-state index is -0.212. The first-order valence-corrected chi connectivity index (χ1v) is 9.08. The number of nitrogens with two attached hydrogens (primary N) is 1. The lowest BCUT2D eigenvalue weighted by Gasteiger charge is -2.15. The van der Waals surface area contributed by atoms with Crippen molar-refractivity contribution in [2.45, 2.75) is 39.2 Å². The van der Waals surface area contributed by atoms with Crippen LogP contribution in [0.4, 0.5) is 11.4 Å². The zero-order chi connectivity index (χ0) is 18.5. The molecule has 2 aromatic rings. The van der Waals surface area contributed by atoms with E-state index < -0.39 is 0 Å². The van der Waals surface area contributed by atoms with E-state index in [2.05, 4.69) is 10.6 Å². The summed E-state index contributed by atoms with van der Waals surface area (Å²) in [4.78, 5) is 25.0. The first-order valence-electron chi connectivity index (χ1n) is 9.08. The smallest absolute Gasteiger partial charge is 0.255 e. The highest BCUT2D eigenvalue weighted by Gasteiger charge is 2.23. The summed E-state index contributed by atoms with van der Waals surface area (Å²) in [6.07, 6.45) is 4.09. The normalized spacial score (nSPS) is 14.2. The molecule has 1 fully saturated rings. The fourth-order valence-corrected chi connectivity index (χ4v) is 3.28. The Morgan fingerprint density at radius 3 is 2.35 bits per heavy atom. The molecular formula is C21H25N3O2. The number of amides is 2. The van der Waals surface area contributed by atoms with Crippen LogP contribution in [-0.2, 0) is 11.3 Å². The average Bonchev–Trinajstić information content (AvgIpc) is 3.19. The zero-order valence-electron chi connectivity index (χ0n) is 15.0. The Morgan fingerprint density at radius 1 is 1.00 bits per heavy atom. The first-order chi connectivity index (χ1) is 12.6. The van der Waals surface area contributed by atoms with Crippen molar-refractivity contribution in [1.82, 2.24) is 0 Å². The highest BCUT2D eigenvalue weighted by Crippen LogP contribution is 2.29. The molecule has 1 aliphatic rings. The summed E-state index contributed by atoms with van der Waals surface area (Å²) in [5.41, 5.74) is 9.38. The minimum Gasteiger partial charge on any atom is -0.326 e. The molecule has 5 heteroatoms. The third-order valence-corrected chi connectivity index (χ3v) is 4.86. The Kier molecular flexibility index (Phi) is 5.68. The number of nitrogens with one attached hydrogen (secondary N) is 2. The average molecular weight is 351 g/mol. The van der Waals surface area contributed by atoms with Crippen molar-refractivity contribution in [3.8, 4) is 0 Å². The molecule has 0 radical (unpaired) electrons. The first kappa shape index (κ1) is 18.1. The SMILES string of the molecule is Cc1ccc(NC(=O)C2CCCC2)c(NC(=O)c2ccc(CN)cc2)c1. The van der Waals surface area contributed by atoms with Gasteiger partial charge >= 0.3 is 0 Å². The van der Waals surface area contributed by atoms with E-state index in [0.29, 0.717) is 23.5 Å². The predicted octanol–water partition coefficient (Wildman–Crippen LogP) is 3.83. The highest BCUT2D eigenvalue weighted by atomic mass is 16.2. The summed E-state index contributed by atoms with van der Waals surface area (Å²) in [6.45, 7) is 2.39. The van der Waals surface area contributed by atoms with Crippen molar-refractivity contribution in [3.63, 3.8) is 0 Å². The molecule has 2 aromatic carbocycles. The second-order valence-electron chi connectivity index (χ2n) is 6.87. The predicted molar refractivity (Wildman–Crippen MR) is 104 cm³/mol. The molecule has 5 nitrogen and oxygen atoms in total. The molecule has 0 atom stereocenters. The summed E-state index contributed by atoms with van der Waals surface area (Å²) in [5.74, 6) is -0.103. The van der Waals surface area contributed by atoms with Crippen molar-refractivity contribution < 1.29 is 9.59 Å². The van der Waals surface area contributed by atoms with Crippen LogP contribution in [0.25, 0.3) is 0 Å². The fraction of sp³-hybridized carbons (Fsp3) is 0.333. The molecule has 0 aliphatic heterocycles. The van der Waals surface area contributed by atoms with Crippen LogP contribution in [0, 0.1) is 12.8 Å². The van der Waals surface area contributed by atoms with Gasteiger partial charge in [-0.15, -0.1) is 0 Å². The van der Waals surface area contributed by atoms with E-state index in [0.717, 1.165) is 36.8 Å². The van der Waals surface area contributed by atoms with Gasteiger partial charge in [-0.25, -0.2) is 0 Å². The second kappa shape index (κ2) is 8.15. The van der Waals surface area contributed by atoms with E-state index >= 15 is 0 Å². The monoisotopic (exact) mass is 351 g/mol. The molecule has 0 aromatic heterocycles. The third-order valence-electron chi connectivity index (χ3n) is 4.86. The molecule has 0 unspecified atom stereocenters. The zero-order valence-corrected chi connectivity index (χ0v) is 15.0. The summed E-state index contributed by atoms with van der Waals surface area (Å²) >= 11 is 0. The quantitative estimate of drug-likeness (QED) is 0.765. The highest BCUT2D eigenvalue weighted by molar-refractivity contribution is 6.07. The Bertz CT molecular complexity index is 793. The summed E-state index contributed by atoms with van der Waals surface area (Å²) < 4.78 is 0. The minimum absolute atomic E-state index is 0.0363. The van der Waals surface area contributed by atoms with Crippen LogP contribution in [-0.4, -0.2) is 11.8 Å². The maximum atomic E-state index is 12.6. The van der Waals surface area contributed by atoms with Gasteiger partial charge in [0.1, 0.15) is 0 Å². The van der Waals surface area contributed by atoms with Crippen LogP contribution in [0.2, 0.25) is 0 Å². The maximum Gasteiger partial charge on any atom is 0.255 e. The van der Waals surface area contributed by atoms with E-state index in [9.17, 15) is 9.59 Å². The lowest BCUT2D eigenvalue weighted by Crippen LogP contribution is -2.22.